The van der Waals surface area contributed by atoms with Crippen LogP contribution in [0.2, 0.25) is 0 Å². The Kier molecular flexibility index (Phi) is 3.82. The monoisotopic (exact) mass is 227 g/mol. The molecule has 6 heteroatoms. The van der Waals surface area contributed by atoms with Crippen molar-refractivity contribution in [3.8, 4) is 5.75 Å². The van der Waals surface area contributed by atoms with Crippen LogP contribution < -0.4 is 10.1 Å². The predicted molar refractivity (Wildman–Crippen MR) is 53.8 cm³/mol. The van der Waals surface area contributed by atoms with E-state index in [-0.39, 0.29) is 5.69 Å². The summed E-state index contributed by atoms with van der Waals surface area (Å²) in [5, 5.41) is 10.5. The van der Waals surface area contributed by atoms with E-state index in [0.29, 0.717) is 5.75 Å². The van der Waals surface area contributed by atoms with Crippen molar-refractivity contribution >= 4 is 17.6 Å². The maximum absolute atomic E-state index is 13.2. The molecule has 1 aromatic carbocycles. The number of carbonyl (C=O) groups is 2. The largest absolute Gasteiger partial charge is 0.497 e. The van der Waals surface area contributed by atoms with E-state index in [1.165, 1.54) is 19.2 Å². The van der Waals surface area contributed by atoms with Crippen molar-refractivity contribution in [3.05, 3.63) is 24.0 Å². The fourth-order valence-corrected chi connectivity index (χ4v) is 1.06. The third kappa shape index (κ3) is 3.23. The van der Waals surface area contributed by atoms with Crippen molar-refractivity contribution in [1.29, 1.82) is 0 Å². The third-order valence-corrected chi connectivity index (χ3v) is 1.76. The van der Waals surface area contributed by atoms with E-state index in [1.54, 1.807) is 0 Å². The van der Waals surface area contributed by atoms with Gasteiger partial charge < -0.3 is 15.2 Å². The molecule has 0 fully saturated rings. The molecule has 0 aromatic heterocycles. The highest BCUT2D eigenvalue weighted by molar-refractivity contribution is 6.01. The molecular weight excluding hydrogens is 217 g/mol. The fourth-order valence-electron chi connectivity index (χ4n) is 1.06. The van der Waals surface area contributed by atoms with Crippen LogP contribution in [0.4, 0.5) is 10.1 Å². The van der Waals surface area contributed by atoms with Crippen molar-refractivity contribution in [2.45, 2.75) is 6.42 Å². The van der Waals surface area contributed by atoms with Crippen molar-refractivity contribution < 1.29 is 23.8 Å². The minimum atomic E-state index is -1.28. The van der Waals surface area contributed by atoms with Crippen molar-refractivity contribution in [3.63, 3.8) is 0 Å². The lowest BCUT2D eigenvalue weighted by molar-refractivity contribution is -0.139. The molecule has 86 valence electrons. The summed E-state index contributed by atoms with van der Waals surface area (Å²) in [5.74, 6) is -2.35. The average molecular weight is 227 g/mol. The van der Waals surface area contributed by atoms with Crippen molar-refractivity contribution in [2.24, 2.45) is 0 Å². The highest BCUT2D eigenvalue weighted by atomic mass is 19.1. The Bertz CT molecular complexity index is 419. The van der Waals surface area contributed by atoms with Crippen LogP contribution in [0.25, 0.3) is 0 Å². The smallest absolute Gasteiger partial charge is 0.312 e. The van der Waals surface area contributed by atoms with Crippen LogP contribution in [-0.4, -0.2) is 24.1 Å². The maximum Gasteiger partial charge on any atom is 0.312 e. The molecule has 0 atom stereocenters. The lowest BCUT2D eigenvalue weighted by Crippen LogP contribution is -2.16. The van der Waals surface area contributed by atoms with Crippen LogP contribution in [0.15, 0.2) is 18.2 Å². The van der Waals surface area contributed by atoms with Gasteiger partial charge in [-0.05, 0) is 12.1 Å². The zero-order valence-corrected chi connectivity index (χ0v) is 8.49. The summed E-state index contributed by atoms with van der Waals surface area (Å²) in [7, 11) is 1.40. The van der Waals surface area contributed by atoms with Gasteiger partial charge in [-0.1, -0.05) is 0 Å². The highest BCUT2D eigenvalue weighted by Crippen LogP contribution is 2.21. The lowest BCUT2D eigenvalue weighted by Gasteiger charge is -2.07. The van der Waals surface area contributed by atoms with E-state index in [1.807, 2.05) is 0 Å². The van der Waals surface area contributed by atoms with Crippen LogP contribution in [0, 0.1) is 5.82 Å². The number of carboxylic acid groups (broad SMARTS) is 1. The van der Waals surface area contributed by atoms with E-state index in [4.69, 9.17) is 9.84 Å². The number of halogens is 1. The molecule has 5 nitrogen and oxygen atoms in total. The Morgan fingerprint density at radius 3 is 2.75 bits per heavy atom. The molecule has 0 saturated heterocycles. The van der Waals surface area contributed by atoms with Crippen LogP contribution in [-0.2, 0) is 9.59 Å². The Labute approximate surface area is 90.8 Å². The number of methoxy groups -OCH3 is 1. The Morgan fingerprint density at radius 2 is 2.19 bits per heavy atom. The first-order valence-electron chi connectivity index (χ1n) is 4.38. The summed E-state index contributed by atoms with van der Waals surface area (Å²) < 4.78 is 18.0. The molecule has 0 saturated carbocycles. The molecule has 1 aromatic rings. The number of rotatable bonds is 4. The van der Waals surface area contributed by atoms with E-state index >= 15 is 0 Å². The van der Waals surface area contributed by atoms with Crippen LogP contribution in [0.1, 0.15) is 6.42 Å². The quantitative estimate of drug-likeness (QED) is 0.759. The fraction of sp³-hybridized carbons (Fsp3) is 0.200. The number of carbonyl (C=O) groups excluding carboxylic acids is 1. The average Bonchev–Trinajstić information content (AvgIpc) is 2.20. The van der Waals surface area contributed by atoms with Gasteiger partial charge in [0.05, 0.1) is 12.8 Å². The van der Waals surface area contributed by atoms with Crippen LogP contribution in [0.3, 0.4) is 0 Å². The standard InChI is InChI=1S/C10H10FNO4/c1-16-6-2-3-7(11)8(4-6)12-9(13)5-10(14)15/h2-4H,5H2,1H3,(H,12,13)(H,14,15). The molecule has 0 radical (unpaired) electrons. The maximum atomic E-state index is 13.2. The minimum absolute atomic E-state index is 0.106. The molecule has 0 spiro atoms. The molecule has 0 bridgehead atoms. The first-order valence-corrected chi connectivity index (χ1v) is 4.38. The SMILES string of the molecule is COc1ccc(F)c(NC(=O)CC(=O)O)c1. The van der Waals surface area contributed by atoms with Gasteiger partial charge in [0.2, 0.25) is 5.91 Å². The number of hydrogen-bond acceptors (Lipinski definition) is 3. The number of ether oxygens (including phenoxy) is 1. The second-order valence-corrected chi connectivity index (χ2v) is 2.96. The van der Waals surface area contributed by atoms with E-state index in [0.717, 1.165) is 6.07 Å². The molecule has 0 aliphatic carbocycles. The van der Waals surface area contributed by atoms with Gasteiger partial charge in [0, 0.05) is 6.07 Å². The zero-order valence-electron chi connectivity index (χ0n) is 8.49. The van der Waals surface area contributed by atoms with Gasteiger partial charge >= 0.3 is 5.97 Å². The second kappa shape index (κ2) is 5.11. The molecule has 0 aliphatic heterocycles. The molecule has 16 heavy (non-hydrogen) atoms. The van der Waals surface area contributed by atoms with E-state index in [9.17, 15) is 14.0 Å². The molecular formula is C10H10FNO4. The van der Waals surface area contributed by atoms with Gasteiger partial charge in [0.25, 0.3) is 0 Å². The first kappa shape index (κ1) is 12.0. The Balaban J connectivity index is 2.79. The van der Waals surface area contributed by atoms with Crippen molar-refractivity contribution in [2.75, 3.05) is 12.4 Å². The van der Waals surface area contributed by atoms with Gasteiger partial charge in [0.1, 0.15) is 18.0 Å². The highest BCUT2D eigenvalue weighted by Gasteiger charge is 2.11. The first-order chi connectivity index (χ1) is 7.52. The van der Waals surface area contributed by atoms with Gasteiger partial charge in [-0.25, -0.2) is 4.39 Å². The number of hydrogen-bond donors (Lipinski definition) is 2. The summed E-state index contributed by atoms with van der Waals surface area (Å²) in [6.07, 6.45) is -0.712. The molecule has 0 unspecified atom stereocenters. The van der Waals surface area contributed by atoms with Gasteiger partial charge in [-0.3, -0.25) is 9.59 Å². The van der Waals surface area contributed by atoms with Gasteiger partial charge in [-0.2, -0.15) is 0 Å². The summed E-state index contributed by atoms with van der Waals surface area (Å²) in [6, 6.07) is 3.78. The third-order valence-electron chi connectivity index (χ3n) is 1.76. The van der Waals surface area contributed by atoms with Crippen LogP contribution >= 0.6 is 0 Å². The zero-order chi connectivity index (χ0) is 12.1. The Hall–Kier alpha value is -2.11. The molecule has 1 amide bonds. The minimum Gasteiger partial charge on any atom is -0.497 e. The van der Waals surface area contributed by atoms with Crippen molar-refractivity contribution in [1.82, 2.24) is 0 Å². The van der Waals surface area contributed by atoms with Gasteiger partial charge in [0.15, 0.2) is 0 Å². The number of carboxylic acids is 1. The summed E-state index contributed by atoms with van der Waals surface area (Å²) in [6.45, 7) is 0. The summed E-state index contributed by atoms with van der Waals surface area (Å²) in [4.78, 5) is 21.3. The molecule has 0 heterocycles. The predicted octanol–water partition coefficient (Wildman–Crippen LogP) is 1.25. The number of benzene rings is 1. The normalized spacial score (nSPS) is 9.62. The number of nitrogens with one attached hydrogen (secondary N) is 1. The molecule has 1 rings (SSSR count). The number of aliphatic carboxylic acids is 1. The number of anilines is 1. The van der Waals surface area contributed by atoms with Crippen LogP contribution in [0.5, 0.6) is 5.75 Å². The molecule has 0 aliphatic rings. The topological polar surface area (TPSA) is 75.6 Å². The lowest BCUT2D eigenvalue weighted by atomic mass is 10.2. The van der Waals surface area contributed by atoms with E-state index < -0.39 is 24.1 Å². The van der Waals surface area contributed by atoms with Gasteiger partial charge in [-0.15, -0.1) is 0 Å². The second-order valence-electron chi connectivity index (χ2n) is 2.96. The number of amides is 1. The van der Waals surface area contributed by atoms with E-state index in [2.05, 4.69) is 5.32 Å². The summed E-state index contributed by atoms with van der Waals surface area (Å²) >= 11 is 0. The molecule has 2 N–H and O–H groups in total. The summed E-state index contributed by atoms with van der Waals surface area (Å²) in [5.41, 5.74) is -0.106. The Morgan fingerprint density at radius 1 is 1.50 bits per heavy atom.